The largest absolute Gasteiger partial charge is 0.355 e. The SMILES string of the molecule is CCCC(C#N)C(=O)NCCCN(C)Cc1ccccc1. The van der Waals surface area contributed by atoms with Gasteiger partial charge in [-0.25, -0.2) is 0 Å². The molecule has 0 saturated carbocycles. The minimum atomic E-state index is -0.503. The molecule has 0 aromatic heterocycles. The van der Waals surface area contributed by atoms with Gasteiger partial charge >= 0.3 is 0 Å². The standard InChI is InChI=1S/C17H25N3O/c1-3-8-16(13-18)17(21)19-11-7-12-20(2)14-15-9-5-4-6-10-15/h4-6,9-10,16H,3,7-8,11-12,14H2,1-2H3,(H,19,21). The molecular formula is C17H25N3O. The third kappa shape index (κ3) is 6.92. The van der Waals surface area contributed by atoms with Crippen LogP contribution in [0.5, 0.6) is 0 Å². The summed E-state index contributed by atoms with van der Waals surface area (Å²) in [6.45, 7) is 4.43. The monoisotopic (exact) mass is 287 g/mol. The fourth-order valence-electron chi connectivity index (χ4n) is 2.20. The molecule has 1 amide bonds. The topological polar surface area (TPSA) is 56.1 Å². The van der Waals surface area contributed by atoms with Crippen molar-refractivity contribution in [1.82, 2.24) is 10.2 Å². The highest BCUT2D eigenvalue weighted by molar-refractivity contribution is 5.80. The van der Waals surface area contributed by atoms with Crippen LogP contribution < -0.4 is 5.32 Å². The summed E-state index contributed by atoms with van der Waals surface area (Å²) in [6.07, 6.45) is 2.38. The predicted molar refractivity (Wildman–Crippen MR) is 84.4 cm³/mol. The molecule has 1 atom stereocenters. The first-order valence-electron chi connectivity index (χ1n) is 7.57. The van der Waals surface area contributed by atoms with Gasteiger partial charge in [0.1, 0.15) is 5.92 Å². The van der Waals surface area contributed by atoms with Crippen LogP contribution in [0.15, 0.2) is 30.3 Å². The van der Waals surface area contributed by atoms with Gasteiger partial charge in [-0.2, -0.15) is 5.26 Å². The van der Waals surface area contributed by atoms with Crippen molar-refractivity contribution in [3.63, 3.8) is 0 Å². The fraction of sp³-hybridized carbons (Fsp3) is 0.529. The van der Waals surface area contributed by atoms with Crippen LogP contribution in [0.25, 0.3) is 0 Å². The minimum absolute atomic E-state index is 0.134. The van der Waals surface area contributed by atoms with Gasteiger partial charge in [0, 0.05) is 13.1 Å². The zero-order chi connectivity index (χ0) is 15.5. The van der Waals surface area contributed by atoms with E-state index < -0.39 is 5.92 Å². The number of nitrogens with zero attached hydrogens (tertiary/aromatic N) is 2. The minimum Gasteiger partial charge on any atom is -0.355 e. The molecule has 1 N–H and O–H groups in total. The van der Waals surface area contributed by atoms with E-state index in [0.717, 1.165) is 25.9 Å². The van der Waals surface area contributed by atoms with E-state index in [1.807, 2.05) is 25.1 Å². The average Bonchev–Trinajstić information content (AvgIpc) is 2.50. The lowest BCUT2D eigenvalue weighted by Gasteiger charge is -2.17. The number of rotatable bonds is 9. The van der Waals surface area contributed by atoms with E-state index in [9.17, 15) is 4.79 Å². The lowest BCUT2D eigenvalue weighted by atomic mass is 10.1. The Balaban J connectivity index is 2.19. The van der Waals surface area contributed by atoms with E-state index in [1.54, 1.807) is 0 Å². The van der Waals surface area contributed by atoms with Gasteiger partial charge in [0.15, 0.2) is 0 Å². The van der Waals surface area contributed by atoms with Crippen LogP contribution in [0, 0.1) is 17.2 Å². The van der Waals surface area contributed by atoms with Crippen LogP contribution in [-0.4, -0.2) is 30.9 Å². The van der Waals surface area contributed by atoms with Crippen LogP contribution in [0.1, 0.15) is 31.7 Å². The lowest BCUT2D eigenvalue weighted by Crippen LogP contribution is -2.32. The molecule has 0 bridgehead atoms. The highest BCUT2D eigenvalue weighted by atomic mass is 16.1. The number of nitriles is 1. The Labute approximate surface area is 127 Å². The van der Waals surface area contributed by atoms with Gasteiger partial charge in [-0.1, -0.05) is 43.7 Å². The van der Waals surface area contributed by atoms with Crippen molar-refractivity contribution < 1.29 is 4.79 Å². The molecule has 0 saturated heterocycles. The molecule has 1 aromatic rings. The van der Waals surface area contributed by atoms with Crippen LogP contribution in [0.2, 0.25) is 0 Å². The number of benzene rings is 1. The van der Waals surface area contributed by atoms with Crippen LogP contribution >= 0.6 is 0 Å². The molecule has 0 spiro atoms. The summed E-state index contributed by atoms with van der Waals surface area (Å²) in [4.78, 5) is 14.0. The lowest BCUT2D eigenvalue weighted by molar-refractivity contribution is -0.123. The van der Waals surface area contributed by atoms with Gasteiger partial charge in [-0.3, -0.25) is 4.79 Å². The Bertz CT molecular complexity index is 453. The quantitative estimate of drug-likeness (QED) is 0.710. The van der Waals surface area contributed by atoms with Crippen LogP contribution in [0.4, 0.5) is 0 Å². The molecule has 1 rings (SSSR count). The second kappa shape index (κ2) is 9.95. The summed E-state index contributed by atoms with van der Waals surface area (Å²) >= 11 is 0. The third-order valence-electron chi connectivity index (χ3n) is 3.36. The third-order valence-corrected chi connectivity index (χ3v) is 3.36. The number of carbonyl (C=O) groups excluding carboxylic acids is 1. The molecule has 0 fully saturated rings. The first-order chi connectivity index (χ1) is 10.2. The summed E-state index contributed by atoms with van der Waals surface area (Å²) < 4.78 is 0. The summed E-state index contributed by atoms with van der Waals surface area (Å²) in [5.74, 6) is -0.637. The van der Waals surface area contributed by atoms with Gasteiger partial charge in [0.05, 0.1) is 6.07 Å². The smallest absolute Gasteiger partial charge is 0.237 e. The number of nitrogens with one attached hydrogen (secondary N) is 1. The Morgan fingerprint density at radius 1 is 1.38 bits per heavy atom. The van der Waals surface area contributed by atoms with Gasteiger partial charge < -0.3 is 10.2 Å². The molecule has 21 heavy (non-hydrogen) atoms. The van der Waals surface area contributed by atoms with Gasteiger partial charge in [0.25, 0.3) is 0 Å². The van der Waals surface area contributed by atoms with Crippen LogP contribution in [-0.2, 0) is 11.3 Å². The van der Waals surface area contributed by atoms with Crippen LogP contribution in [0.3, 0.4) is 0 Å². The Hall–Kier alpha value is -1.86. The van der Waals surface area contributed by atoms with Crippen molar-refractivity contribution in [1.29, 1.82) is 5.26 Å². The molecule has 114 valence electrons. The summed E-state index contributed by atoms with van der Waals surface area (Å²) in [6, 6.07) is 12.4. The van der Waals surface area contributed by atoms with Gasteiger partial charge in [0.2, 0.25) is 5.91 Å². The number of hydrogen-bond donors (Lipinski definition) is 1. The van der Waals surface area contributed by atoms with E-state index in [4.69, 9.17) is 5.26 Å². The maximum Gasteiger partial charge on any atom is 0.237 e. The molecule has 4 heteroatoms. The molecular weight excluding hydrogens is 262 g/mol. The average molecular weight is 287 g/mol. The van der Waals surface area contributed by atoms with Crippen molar-refractivity contribution in [3.05, 3.63) is 35.9 Å². The zero-order valence-corrected chi connectivity index (χ0v) is 13.0. The fourth-order valence-corrected chi connectivity index (χ4v) is 2.20. The van der Waals surface area contributed by atoms with E-state index in [1.165, 1.54) is 5.56 Å². The Morgan fingerprint density at radius 2 is 2.10 bits per heavy atom. The second-order valence-corrected chi connectivity index (χ2v) is 5.34. The van der Waals surface area contributed by atoms with E-state index in [0.29, 0.717) is 13.0 Å². The highest BCUT2D eigenvalue weighted by Crippen LogP contribution is 2.05. The van der Waals surface area contributed by atoms with Gasteiger partial charge in [-0.05, 0) is 32.0 Å². The summed E-state index contributed by atoms with van der Waals surface area (Å²) in [5, 5.41) is 11.8. The normalized spacial score (nSPS) is 11.9. The molecule has 0 aliphatic carbocycles. The summed E-state index contributed by atoms with van der Waals surface area (Å²) in [7, 11) is 2.07. The van der Waals surface area contributed by atoms with E-state index >= 15 is 0 Å². The van der Waals surface area contributed by atoms with Crippen molar-refractivity contribution >= 4 is 5.91 Å². The van der Waals surface area contributed by atoms with E-state index in [2.05, 4.69) is 35.5 Å². The molecule has 0 aliphatic heterocycles. The first kappa shape index (κ1) is 17.2. The Kier molecular flexibility index (Phi) is 8.15. The number of amides is 1. The van der Waals surface area contributed by atoms with Crippen molar-refractivity contribution in [3.8, 4) is 6.07 Å². The number of carbonyl (C=O) groups is 1. The maximum atomic E-state index is 11.8. The first-order valence-corrected chi connectivity index (χ1v) is 7.57. The van der Waals surface area contributed by atoms with Crippen molar-refractivity contribution in [2.45, 2.75) is 32.7 Å². The van der Waals surface area contributed by atoms with E-state index in [-0.39, 0.29) is 5.91 Å². The van der Waals surface area contributed by atoms with Gasteiger partial charge in [-0.15, -0.1) is 0 Å². The predicted octanol–water partition coefficient (Wildman–Crippen LogP) is 2.56. The summed E-state index contributed by atoms with van der Waals surface area (Å²) in [5.41, 5.74) is 1.29. The zero-order valence-electron chi connectivity index (χ0n) is 13.0. The molecule has 1 aromatic carbocycles. The molecule has 0 heterocycles. The maximum absolute atomic E-state index is 11.8. The number of hydrogen-bond acceptors (Lipinski definition) is 3. The molecule has 0 radical (unpaired) electrons. The molecule has 0 aliphatic rings. The highest BCUT2D eigenvalue weighted by Gasteiger charge is 2.15. The van der Waals surface area contributed by atoms with Crippen molar-refractivity contribution in [2.75, 3.05) is 20.1 Å². The molecule has 4 nitrogen and oxygen atoms in total. The molecule has 1 unspecified atom stereocenters. The Morgan fingerprint density at radius 3 is 2.71 bits per heavy atom. The second-order valence-electron chi connectivity index (χ2n) is 5.34. The van der Waals surface area contributed by atoms with Crippen molar-refractivity contribution in [2.24, 2.45) is 5.92 Å².